The molecule has 0 saturated heterocycles. The molecule has 1 heterocycles. The second-order valence-corrected chi connectivity index (χ2v) is 7.47. The third-order valence-electron chi connectivity index (χ3n) is 3.55. The Labute approximate surface area is 129 Å². The van der Waals surface area contributed by atoms with E-state index in [9.17, 15) is 8.42 Å². The average molecular weight is 326 g/mol. The van der Waals surface area contributed by atoms with Crippen molar-refractivity contribution in [2.24, 2.45) is 0 Å². The Hall–Kier alpha value is -1.30. The molecule has 1 aromatic heterocycles. The van der Waals surface area contributed by atoms with Crippen LogP contribution in [0.4, 0.5) is 0 Å². The summed E-state index contributed by atoms with van der Waals surface area (Å²) >= 11 is 6.09. The molecule has 6 heteroatoms. The van der Waals surface area contributed by atoms with Gasteiger partial charge in [-0.1, -0.05) is 17.7 Å². The minimum Gasteiger partial charge on any atom is -0.345 e. The highest BCUT2D eigenvalue weighted by Gasteiger charge is 2.23. The number of benzene rings is 1. The number of hydrogen-bond acceptors (Lipinski definition) is 3. The van der Waals surface area contributed by atoms with E-state index < -0.39 is 16.2 Å². The van der Waals surface area contributed by atoms with E-state index in [0.717, 1.165) is 23.9 Å². The Morgan fingerprint density at radius 2 is 2.10 bits per heavy atom. The van der Waals surface area contributed by atoms with Crippen LogP contribution in [-0.4, -0.2) is 25.3 Å². The Balaban J connectivity index is 1.91. The van der Waals surface area contributed by atoms with Gasteiger partial charge < -0.3 is 4.57 Å². The van der Waals surface area contributed by atoms with Crippen molar-refractivity contribution < 1.29 is 12.6 Å². The molecule has 4 nitrogen and oxygen atoms in total. The molecule has 0 radical (unpaired) electrons. The van der Waals surface area contributed by atoms with Crippen molar-refractivity contribution in [3.05, 3.63) is 46.6 Å². The minimum absolute atomic E-state index is 0.417. The number of nitrogens with zero attached hydrogens (tertiary/aromatic N) is 1. The number of aromatic nitrogens is 1. The molecule has 21 heavy (non-hydrogen) atoms. The number of rotatable bonds is 4. The topological polar surface area (TPSA) is 48.3 Å². The van der Waals surface area contributed by atoms with Crippen LogP contribution >= 0.6 is 11.6 Å². The van der Waals surface area contributed by atoms with Gasteiger partial charge in [-0.15, -0.1) is 0 Å². The molecule has 0 N–H and O–H groups in total. The lowest BCUT2D eigenvalue weighted by atomic mass is 10.1. The normalized spacial score (nSPS) is 14.8. The van der Waals surface area contributed by atoms with E-state index in [1.807, 2.05) is 29.0 Å². The molecule has 0 unspecified atom stereocenters. The smallest absolute Gasteiger partial charge is 0.264 e. The summed E-state index contributed by atoms with van der Waals surface area (Å²) in [4.78, 5) is 0. The molecule has 0 spiro atoms. The van der Waals surface area contributed by atoms with Crippen molar-refractivity contribution in [1.29, 1.82) is 0 Å². The van der Waals surface area contributed by atoms with Crippen molar-refractivity contribution >= 4 is 21.7 Å². The first-order chi connectivity index (χ1) is 9.83. The molecule has 0 fully saturated rings. The van der Waals surface area contributed by atoms with Crippen molar-refractivity contribution in [2.45, 2.75) is 26.0 Å². The van der Waals surface area contributed by atoms with Gasteiger partial charge in [-0.3, -0.25) is 4.18 Å². The van der Waals surface area contributed by atoms with Crippen molar-refractivity contribution in [1.82, 2.24) is 4.57 Å². The van der Waals surface area contributed by atoms with Crippen LogP contribution in [-0.2, 0) is 27.3 Å². The van der Waals surface area contributed by atoms with Gasteiger partial charge >= 0.3 is 0 Å². The van der Waals surface area contributed by atoms with Crippen LogP contribution in [0.25, 0.3) is 11.3 Å². The lowest BCUT2D eigenvalue weighted by Gasteiger charge is -2.15. The second kappa shape index (κ2) is 5.16. The van der Waals surface area contributed by atoms with E-state index in [4.69, 9.17) is 15.8 Å². The van der Waals surface area contributed by atoms with Crippen LogP contribution < -0.4 is 0 Å². The van der Waals surface area contributed by atoms with Crippen molar-refractivity contribution in [3.8, 4) is 11.3 Å². The van der Waals surface area contributed by atoms with Crippen LogP contribution in [0.15, 0.2) is 30.5 Å². The molecular weight excluding hydrogens is 310 g/mol. The number of halogens is 1. The maximum absolute atomic E-state index is 11.2. The van der Waals surface area contributed by atoms with Gasteiger partial charge in [0.15, 0.2) is 0 Å². The highest BCUT2D eigenvalue weighted by Crippen LogP contribution is 2.38. The molecule has 3 rings (SSSR count). The number of hydrogen-bond donors (Lipinski definition) is 0. The molecule has 1 aliphatic carbocycles. The van der Waals surface area contributed by atoms with Crippen LogP contribution in [0, 0.1) is 0 Å². The molecule has 0 amide bonds. The fourth-order valence-corrected chi connectivity index (χ4v) is 3.70. The zero-order valence-electron chi connectivity index (χ0n) is 11.8. The van der Waals surface area contributed by atoms with E-state index >= 15 is 0 Å². The van der Waals surface area contributed by atoms with Gasteiger partial charge in [0.2, 0.25) is 0 Å². The summed E-state index contributed by atoms with van der Waals surface area (Å²) in [7, 11) is -3.44. The maximum Gasteiger partial charge on any atom is 0.264 e. The first-order valence-corrected chi connectivity index (χ1v) is 8.88. The first-order valence-electron chi connectivity index (χ1n) is 6.68. The van der Waals surface area contributed by atoms with E-state index in [-0.39, 0.29) is 0 Å². The predicted molar refractivity (Wildman–Crippen MR) is 83.1 cm³/mol. The van der Waals surface area contributed by atoms with Gasteiger partial charge in [0.25, 0.3) is 10.1 Å². The second-order valence-electron chi connectivity index (χ2n) is 5.43. The third-order valence-corrected chi connectivity index (χ3v) is 4.46. The van der Waals surface area contributed by atoms with Gasteiger partial charge in [0.1, 0.15) is 0 Å². The minimum atomic E-state index is -3.44. The lowest BCUT2D eigenvalue weighted by molar-refractivity contribution is 0.210. The summed E-state index contributed by atoms with van der Waals surface area (Å²) in [5.41, 5.74) is 4.71. The molecule has 1 aliphatic rings. The highest BCUT2D eigenvalue weighted by molar-refractivity contribution is 7.86. The Kier molecular flexibility index (Phi) is 3.59. The van der Waals surface area contributed by atoms with Crippen LogP contribution in [0.5, 0.6) is 0 Å². The number of fused-ring (bicyclic) bond motifs is 3. The SMILES string of the molecule is C[C@@H](Cn1ccc2c1-c1cc(Cl)ccc1C2)OS(C)(=O)=O. The Bertz CT molecular complexity index is 795. The summed E-state index contributed by atoms with van der Waals surface area (Å²) < 4.78 is 29.4. The quantitative estimate of drug-likeness (QED) is 0.693. The van der Waals surface area contributed by atoms with Crippen molar-refractivity contribution in [3.63, 3.8) is 0 Å². The summed E-state index contributed by atoms with van der Waals surface area (Å²) in [5, 5.41) is 0.704. The molecule has 0 bridgehead atoms. The fourth-order valence-electron chi connectivity index (χ4n) is 2.87. The Morgan fingerprint density at radius 1 is 1.33 bits per heavy atom. The Morgan fingerprint density at radius 3 is 2.81 bits per heavy atom. The van der Waals surface area contributed by atoms with E-state index in [1.54, 1.807) is 6.92 Å². The predicted octanol–water partition coefficient (Wildman–Crippen LogP) is 3.08. The van der Waals surface area contributed by atoms with E-state index in [0.29, 0.717) is 11.6 Å². The van der Waals surface area contributed by atoms with Crippen molar-refractivity contribution in [2.75, 3.05) is 6.26 Å². The zero-order chi connectivity index (χ0) is 15.2. The monoisotopic (exact) mass is 325 g/mol. The van der Waals surface area contributed by atoms with Gasteiger partial charge in [-0.25, -0.2) is 0 Å². The summed E-state index contributed by atoms with van der Waals surface area (Å²) in [6, 6.07) is 7.96. The summed E-state index contributed by atoms with van der Waals surface area (Å²) in [6.07, 6.45) is 3.51. The van der Waals surface area contributed by atoms with Crippen LogP contribution in [0.3, 0.4) is 0 Å². The molecular formula is C15H16ClNO3S. The third kappa shape index (κ3) is 3.00. The van der Waals surface area contributed by atoms with E-state index in [1.165, 1.54) is 11.1 Å². The van der Waals surface area contributed by atoms with Gasteiger partial charge in [0, 0.05) is 23.2 Å². The molecule has 1 atom stereocenters. The van der Waals surface area contributed by atoms with Crippen LogP contribution in [0.2, 0.25) is 5.02 Å². The molecule has 0 aliphatic heterocycles. The van der Waals surface area contributed by atoms with Crippen LogP contribution in [0.1, 0.15) is 18.1 Å². The van der Waals surface area contributed by atoms with E-state index in [2.05, 4.69) is 6.07 Å². The fraction of sp³-hybridized carbons (Fsp3) is 0.333. The zero-order valence-corrected chi connectivity index (χ0v) is 13.4. The van der Waals surface area contributed by atoms with Gasteiger partial charge in [-0.2, -0.15) is 8.42 Å². The lowest BCUT2D eigenvalue weighted by Crippen LogP contribution is -2.20. The van der Waals surface area contributed by atoms with Gasteiger partial charge in [0.05, 0.1) is 24.6 Å². The molecule has 2 aromatic rings. The summed E-state index contributed by atoms with van der Waals surface area (Å²) in [5.74, 6) is 0. The molecule has 0 saturated carbocycles. The molecule has 1 aromatic carbocycles. The standard InChI is InChI=1S/C15H16ClNO3S/c1-10(20-21(2,18)19)9-17-6-5-12-7-11-3-4-13(16)8-14(11)15(12)17/h3-6,8,10H,7,9H2,1-2H3/t10-/m0/s1. The first kappa shape index (κ1) is 14.6. The average Bonchev–Trinajstić information content (AvgIpc) is 2.87. The summed E-state index contributed by atoms with van der Waals surface area (Å²) in [6.45, 7) is 2.23. The van der Waals surface area contributed by atoms with Gasteiger partial charge in [-0.05, 0) is 36.2 Å². The largest absolute Gasteiger partial charge is 0.345 e. The maximum atomic E-state index is 11.2. The molecule has 112 valence electrons. The highest BCUT2D eigenvalue weighted by atomic mass is 35.5.